The van der Waals surface area contributed by atoms with Crippen molar-refractivity contribution in [2.24, 2.45) is 0 Å². The molecule has 0 saturated carbocycles. The fraction of sp³-hybridized carbons (Fsp3) is 0.350. The lowest BCUT2D eigenvalue weighted by atomic mass is 10.1. The van der Waals surface area contributed by atoms with Gasteiger partial charge in [-0.25, -0.2) is 4.98 Å². The minimum Gasteiger partial charge on any atom is -0.497 e. The number of nitrogens with zero attached hydrogens (tertiary/aromatic N) is 2. The summed E-state index contributed by atoms with van der Waals surface area (Å²) < 4.78 is 10.4. The summed E-state index contributed by atoms with van der Waals surface area (Å²) in [7, 11) is 1.63. The third-order valence-electron chi connectivity index (χ3n) is 4.36. The first-order valence-electron chi connectivity index (χ1n) is 8.92. The number of ether oxygens (including phenoxy) is 2. The third-order valence-corrected chi connectivity index (χ3v) is 4.36. The number of carbonyl (C=O) groups is 2. The van der Waals surface area contributed by atoms with Crippen molar-refractivity contribution in [1.82, 2.24) is 15.2 Å². The molecule has 2 heterocycles. The summed E-state index contributed by atoms with van der Waals surface area (Å²) in [5.74, 6) is 0.333. The number of aromatic nitrogens is 1. The number of rotatable bonds is 6. The molecular weight excluding hydrogens is 346 g/mol. The Kier molecular flexibility index (Phi) is 6.38. The molecule has 7 nitrogen and oxygen atoms in total. The summed E-state index contributed by atoms with van der Waals surface area (Å²) in [4.78, 5) is 30.8. The van der Waals surface area contributed by atoms with Gasteiger partial charge in [-0.3, -0.25) is 9.59 Å². The SMILES string of the molecule is COc1ccc(CCNC(=O)c2cccc(C(=O)N3CCOCC3)n2)cc1. The van der Waals surface area contributed by atoms with E-state index in [1.54, 1.807) is 30.2 Å². The van der Waals surface area contributed by atoms with Gasteiger partial charge in [0.1, 0.15) is 17.1 Å². The molecule has 0 aliphatic carbocycles. The number of morpholine rings is 1. The molecule has 1 aromatic carbocycles. The molecule has 0 bridgehead atoms. The first-order valence-corrected chi connectivity index (χ1v) is 8.92. The molecular formula is C20H23N3O4. The van der Waals surface area contributed by atoms with E-state index >= 15 is 0 Å². The van der Waals surface area contributed by atoms with Gasteiger partial charge in [-0.2, -0.15) is 0 Å². The zero-order chi connectivity index (χ0) is 19.1. The second-order valence-electron chi connectivity index (χ2n) is 6.17. The van der Waals surface area contributed by atoms with Gasteiger partial charge in [-0.1, -0.05) is 18.2 Å². The van der Waals surface area contributed by atoms with E-state index in [1.165, 1.54) is 0 Å². The summed E-state index contributed by atoms with van der Waals surface area (Å²) in [5, 5.41) is 2.84. The van der Waals surface area contributed by atoms with E-state index in [1.807, 2.05) is 24.3 Å². The number of amides is 2. The highest BCUT2D eigenvalue weighted by molar-refractivity contribution is 5.96. The summed E-state index contributed by atoms with van der Waals surface area (Å²) in [6.07, 6.45) is 0.697. The number of hydrogen-bond acceptors (Lipinski definition) is 5. The van der Waals surface area contributed by atoms with Crippen molar-refractivity contribution in [3.05, 3.63) is 59.4 Å². The lowest BCUT2D eigenvalue weighted by Gasteiger charge is -2.26. The molecule has 1 aliphatic rings. The largest absolute Gasteiger partial charge is 0.497 e. The molecule has 1 N–H and O–H groups in total. The maximum absolute atomic E-state index is 12.5. The maximum Gasteiger partial charge on any atom is 0.272 e. The Balaban J connectivity index is 1.55. The van der Waals surface area contributed by atoms with Gasteiger partial charge in [0.15, 0.2) is 0 Å². The van der Waals surface area contributed by atoms with Crippen LogP contribution in [0.3, 0.4) is 0 Å². The van der Waals surface area contributed by atoms with Crippen molar-refractivity contribution in [3.8, 4) is 5.75 Å². The third kappa shape index (κ3) is 5.04. The summed E-state index contributed by atoms with van der Waals surface area (Å²) in [6.45, 7) is 2.61. The van der Waals surface area contributed by atoms with Gasteiger partial charge >= 0.3 is 0 Å². The van der Waals surface area contributed by atoms with E-state index in [2.05, 4.69) is 10.3 Å². The zero-order valence-corrected chi connectivity index (χ0v) is 15.3. The molecule has 142 valence electrons. The van der Waals surface area contributed by atoms with Crippen molar-refractivity contribution < 1.29 is 19.1 Å². The Labute approximate surface area is 158 Å². The molecule has 7 heteroatoms. The van der Waals surface area contributed by atoms with Crippen LogP contribution in [0.2, 0.25) is 0 Å². The molecule has 2 aromatic rings. The fourth-order valence-corrected chi connectivity index (χ4v) is 2.81. The van der Waals surface area contributed by atoms with Gasteiger partial charge in [0.25, 0.3) is 11.8 Å². The number of pyridine rings is 1. The molecule has 1 fully saturated rings. The van der Waals surface area contributed by atoms with E-state index < -0.39 is 0 Å². The Hall–Kier alpha value is -2.93. The monoisotopic (exact) mass is 369 g/mol. The standard InChI is InChI=1S/C20H23N3O4/c1-26-16-7-5-15(6-8-16)9-10-21-19(24)17-3-2-4-18(22-17)20(25)23-11-13-27-14-12-23/h2-8H,9-14H2,1H3,(H,21,24). The quantitative estimate of drug-likeness (QED) is 0.835. The fourth-order valence-electron chi connectivity index (χ4n) is 2.81. The van der Waals surface area contributed by atoms with Crippen LogP contribution < -0.4 is 10.1 Å². The van der Waals surface area contributed by atoms with Gasteiger partial charge in [0.05, 0.1) is 20.3 Å². The van der Waals surface area contributed by atoms with E-state index in [4.69, 9.17) is 9.47 Å². The van der Waals surface area contributed by atoms with Crippen molar-refractivity contribution >= 4 is 11.8 Å². The molecule has 1 aliphatic heterocycles. The van der Waals surface area contributed by atoms with E-state index in [9.17, 15) is 9.59 Å². The number of benzene rings is 1. The average molecular weight is 369 g/mol. The van der Waals surface area contributed by atoms with E-state index in [0.29, 0.717) is 39.3 Å². The summed E-state index contributed by atoms with van der Waals surface area (Å²) in [6, 6.07) is 12.6. The van der Waals surface area contributed by atoms with Crippen LogP contribution in [0, 0.1) is 0 Å². The van der Waals surface area contributed by atoms with Gasteiger partial charge in [-0.15, -0.1) is 0 Å². The first-order chi connectivity index (χ1) is 13.2. The van der Waals surface area contributed by atoms with Crippen LogP contribution in [0.5, 0.6) is 5.75 Å². The molecule has 1 saturated heterocycles. The topological polar surface area (TPSA) is 80.8 Å². The Morgan fingerprint density at radius 2 is 1.81 bits per heavy atom. The Bertz CT molecular complexity index is 786. The van der Waals surface area contributed by atoms with E-state index in [-0.39, 0.29) is 23.2 Å². The Morgan fingerprint density at radius 1 is 1.11 bits per heavy atom. The first kappa shape index (κ1) is 18.8. The summed E-state index contributed by atoms with van der Waals surface area (Å²) >= 11 is 0. The molecule has 3 rings (SSSR count). The average Bonchev–Trinajstić information content (AvgIpc) is 2.74. The number of hydrogen-bond donors (Lipinski definition) is 1. The summed E-state index contributed by atoms with van der Waals surface area (Å²) in [5.41, 5.74) is 1.61. The van der Waals surface area contributed by atoms with Crippen LogP contribution in [-0.2, 0) is 11.2 Å². The predicted molar refractivity (Wildman–Crippen MR) is 100.0 cm³/mol. The molecule has 1 aromatic heterocycles. The van der Waals surface area contributed by atoms with E-state index in [0.717, 1.165) is 11.3 Å². The van der Waals surface area contributed by atoms with Crippen molar-refractivity contribution in [2.45, 2.75) is 6.42 Å². The normalized spacial score (nSPS) is 13.9. The number of methoxy groups -OCH3 is 1. The number of nitrogens with one attached hydrogen (secondary N) is 1. The number of carbonyl (C=O) groups excluding carboxylic acids is 2. The molecule has 0 atom stereocenters. The maximum atomic E-state index is 12.5. The van der Waals surface area contributed by atoms with Crippen molar-refractivity contribution in [2.75, 3.05) is 40.0 Å². The molecule has 2 amide bonds. The van der Waals surface area contributed by atoms with Crippen molar-refractivity contribution in [3.63, 3.8) is 0 Å². The van der Waals surface area contributed by atoms with Crippen molar-refractivity contribution in [1.29, 1.82) is 0 Å². The van der Waals surface area contributed by atoms with Gasteiger partial charge in [0, 0.05) is 19.6 Å². The highest BCUT2D eigenvalue weighted by atomic mass is 16.5. The molecule has 27 heavy (non-hydrogen) atoms. The van der Waals surface area contributed by atoms with Crippen LogP contribution in [0.1, 0.15) is 26.5 Å². The van der Waals surface area contributed by atoms with Crippen LogP contribution in [0.4, 0.5) is 0 Å². The Morgan fingerprint density at radius 3 is 2.52 bits per heavy atom. The van der Waals surface area contributed by atoms with Gasteiger partial charge in [-0.05, 0) is 36.2 Å². The second kappa shape index (κ2) is 9.14. The van der Waals surface area contributed by atoms with Gasteiger partial charge in [0.2, 0.25) is 0 Å². The van der Waals surface area contributed by atoms with Crippen LogP contribution in [-0.4, -0.2) is 61.7 Å². The van der Waals surface area contributed by atoms with Crippen LogP contribution in [0.25, 0.3) is 0 Å². The lowest BCUT2D eigenvalue weighted by Crippen LogP contribution is -2.41. The minimum absolute atomic E-state index is 0.175. The van der Waals surface area contributed by atoms with Gasteiger partial charge < -0.3 is 19.7 Å². The molecule has 0 radical (unpaired) electrons. The minimum atomic E-state index is -0.292. The molecule has 0 spiro atoms. The van der Waals surface area contributed by atoms with Crippen LogP contribution in [0.15, 0.2) is 42.5 Å². The zero-order valence-electron chi connectivity index (χ0n) is 15.3. The highest BCUT2D eigenvalue weighted by Gasteiger charge is 2.20. The van der Waals surface area contributed by atoms with Crippen LogP contribution >= 0.6 is 0 Å². The smallest absolute Gasteiger partial charge is 0.272 e. The highest BCUT2D eigenvalue weighted by Crippen LogP contribution is 2.11. The molecule has 0 unspecified atom stereocenters. The lowest BCUT2D eigenvalue weighted by molar-refractivity contribution is 0.0299. The second-order valence-corrected chi connectivity index (χ2v) is 6.17. The predicted octanol–water partition coefficient (Wildman–Crippen LogP) is 1.54.